The summed E-state index contributed by atoms with van der Waals surface area (Å²) in [6, 6.07) is 30.4. The average Bonchev–Trinajstić information content (AvgIpc) is 3.42. The van der Waals surface area contributed by atoms with Crippen molar-refractivity contribution in [3.63, 3.8) is 0 Å². The van der Waals surface area contributed by atoms with Crippen LogP contribution in [0.25, 0.3) is 27.5 Å². The molecule has 0 amide bonds. The first-order valence-corrected chi connectivity index (χ1v) is 12.2. The van der Waals surface area contributed by atoms with E-state index in [1.165, 1.54) is 10.8 Å². The Kier molecular flexibility index (Phi) is 7.04. The molecule has 0 aliphatic carbocycles. The second-order valence-corrected chi connectivity index (χ2v) is 7.93. The summed E-state index contributed by atoms with van der Waals surface area (Å²) in [4.78, 5) is 1.70. The maximum atomic E-state index is 4.89. The van der Waals surface area contributed by atoms with Crippen molar-refractivity contribution in [2.24, 2.45) is 0 Å². The molecule has 5 aromatic rings. The molecule has 130 valence electrons. The van der Waals surface area contributed by atoms with Crippen LogP contribution in [-0.4, -0.2) is 15.0 Å². The van der Waals surface area contributed by atoms with Crippen molar-refractivity contribution in [2.75, 3.05) is 0 Å². The molecule has 26 heavy (non-hydrogen) atoms. The zero-order valence-corrected chi connectivity index (χ0v) is 16.8. The van der Waals surface area contributed by atoms with Gasteiger partial charge in [-0.3, -0.25) is 0 Å². The quantitative estimate of drug-likeness (QED) is 0.245. The fraction of sp³-hybridized carbons (Fsp3) is 0. The molecule has 0 atom stereocenters. The van der Waals surface area contributed by atoms with Crippen LogP contribution in [0.5, 0.6) is 0 Å². The zero-order chi connectivity index (χ0) is 18.2. The van der Waals surface area contributed by atoms with Crippen LogP contribution in [0.3, 0.4) is 0 Å². The molecule has 0 bridgehead atoms. The molecule has 0 unspecified atom stereocenters. The number of rotatable bonds is 1. The van der Waals surface area contributed by atoms with E-state index in [1.54, 1.807) is 4.80 Å². The molecule has 1 aromatic heterocycles. The first kappa shape index (κ1) is 18.9. The molecule has 5 rings (SSSR count). The Bertz CT molecular complexity index is 896. The van der Waals surface area contributed by atoms with E-state index in [0.29, 0.717) is 0 Å². The summed E-state index contributed by atoms with van der Waals surface area (Å²) in [6.07, 6.45) is 0. The minimum Gasteiger partial charge on any atom is -0.214 e. The molecular formula is C20H15Cl2N3Ti-2. The second kappa shape index (κ2) is 9.70. The SMILES string of the molecule is [Cl][Ti][Cl].c1cc[cH-]c1.c1ccc2[cH-]c(-n3nc4ccccc4n3)cc2c1. The molecule has 0 spiro atoms. The Balaban J connectivity index is 0.000000207. The van der Waals surface area contributed by atoms with Crippen LogP contribution in [0.2, 0.25) is 0 Å². The molecule has 0 saturated carbocycles. The Labute approximate surface area is 168 Å². The van der Waals surface area contributed by atoms with Gasteiger partial charge >= 0.3 is 35.6 Å². The normalized spacial score (nSPS) is 9.92. The Morgan fingerprint density at radius 3 is 1.92 bits per heavy atom. The molecule has 0 aliphatic rings. The van der Waals surface area contributed by atoms with Crippen LogP contribution in [0.1, 0.15) is 0 Å². The van der Waals surface area contributed by atoms with Gasteiger partial charge in [-0.25, -0.2) is 12.1 Å². The van der Waals surface area contributed by atoms with Gasteiger partial charge in [0, 0.05) is 0 Å². The summed E-state index contributed by atoms with van der Waals surface area (Å²) in [5.41, 5.74) is 2.85. The third-order valence-electron chi connectivity index (χ3n) is 3.68. The van der Waals surface area contributed by atoms with Crippen molar-refractivity contribution in [1.29, 1.82) is 0 Å². The van der Waals surface area contributed by atoms with E-state index in [-0.39, 0.29) is 0 Å². The minimum atomic E-state index is -0.556. The first-order valence-electron chi connectivity index (χ1n) is 7.92. The number of hydrogen-bond acceptors (Lipinski definition) is 2. The van der Waals surface area contributed by atoms with Crippen LogP contribution in [0.15, 0.2) is 91.0 Å². The van der Waals surface area contributed by atoms with Crippen LogP contribution >= 0.6 is 18.6 Å². The van der Waals surface area contributed by atoms with Crippen molar-refractivity contribution in [3.05, 3.63) is 91.0 Å². The molecule has 3 nitrogen and oxygen atoms in total. The van der Waals surface area contributed by atoms with Gasteiger partial charge in [-0.2, -0.15) is 23.0 Å². The number of aromatic nitrogens is 3. The fourth-order valence-corrected chi connectivity index (χ4v) is 2.55. The summed E-state index contributed by atoms with van der Waals surface area (Å²) in [6.45, 7) is 0. The zero-order valence-electron chi connectivity index (χ0n) is 13.8. The molecule has 0 radical (unpaired) electrons. The largest absolute Gasteiger partial charge is 0.214 e. The third-order valence-corrected chi connectivity index (χ3v) is 3.68. The summed E-state index contributed by atoms with van der Waals surface area (Å²) in [7, 11) is 9.78. The van der Waals surface area contributed by atoms with Crippen molar-refractivity contribution in [1.82, 2.24) is 15.0 Å². The van der Waals surface area contributed by atoms with E-state index in [4.69, 9.17) is 18.6 Å². The summed E-state index contributed by atoms with van der Waals surface area (Å²) >= 11 is -0.556. The minimum absolute atomic E-state index is 0.556. The molecule has 0 saturated heterocycles. The Morgan fingerprint density at radius 2 is 1.38 bits per heavy atom. The second-order valence-electron chi connectivity index (χ2n) is 5.35. The van der Waals surface area contributed by atoms with Crippen molar-refractivity contribution >= 4 is 40.4 Å². The number of fused-ring (bicyclic) bond motifs is 2. The third kappa shape index (κ3) is 4.83. The van der Waals surface area contributed by atoms with Gasteiger partial charge < -0.3 is 0 Å². The first-order chi connectivity index (χ1) is 12.8. The van der Waals surface area contributed by atoms with Gasteiger partial charge in [0.1, 0.15) is 11.0 Å². The fourth-order valence-electron chi connectivity index (χ4n) is 2.55. The maximum absolute atomic E-state index is 4.89. The van der Waals surface area contributed by atoms with Gasteiger partial charge in [-0.1, -0.05) is 18.2 Å². The summed E-state index contributed by atoms with van der Waals surface area (Å²) in [5.74, 6) is 0. The average molecular weight is 416 g/mol. The molecule has 0 aliphatic heterocycles. The predicted molar refractivity (Wildman–Crippen MR) is 106 cm³/mol. The van der Waals surface area contributed by atoms with Crippen LogP contribution in [0.4, 0.5) is 0 Å². The van der Waals surface area contributed by atoms with Gasteiger partial charge in [0.05, 0.1) is 0 Å². The van der Waals surface area contributed by atoms with E-state index in [0.717, 1.165) is 16.7 Å². The molecule has 4 aromatic carbocycles. The number of nitrogens with zero attached hydrogens (tertiary/aromatic N) is 3. The summed E-state index contributed by atoms with van der Waals surface area (Å²) < 4.78 is 0. The van der Waals surface area contributed by atoms with E-state index < -0.39 is 17.0 Å². The summed E-state index contributed by atoms with van der Waals surface area (Å²) in [5, 5.41) is 11.4. The molecular weight excluding hydrogens is 401 g/mol. The molecule has 1 heterocycles. The van der Waals surface area contributed by atoms with Crippen molar-refractivity contribution in [3.8, 4) is 5.69 Å². The van der Waals surface area contributed by atoms with E-state index in [1.807, 2.05) is 66.7 Å². The standard InChI is InChI=1S/C15H10N3.C5H5.2ClH.Ti/c1-2-6-12-10-13(9-11(12)5-1)18-16-14-7-3-4-8-15(14)17-18;1-2-4-5-3-1;;;/h1-10H;1-5H;2*1H;/q2*-1;;;+2/p-2. The van der Waals surface area contributed by atoms with Gasteiger partial charge in [-0.15, -0.1) is 51.3 Å². The van der Waals surface area contributed by atoms with Gasteiger partial charge in [0.15, 0.2) is 0 Å². The van der Waals surface area contributed by atoms with Gasteiger partial charge in [0.2, 0.25) is 0 Å². The van der Waals surface area contributed by atoms with Crippen LogP contribution in [0, 0.1) is 0 Å². The monoisotopic (exact) mass is 415 g/mol. The topological polar surface area (TPSA) is 30.7 Å². The smallest absolute Gasteiger partial charge is 0.113 e. The van der Waals surface area contributed by atoms with Crippen LogP contribution in [-0.2, 0) is 17.0 Å². The molecule has 0 N–H and O–H groups in total. The van der Waals surface area contributed by atoms with Gasteiger partial charge in [0.25, 0.3) is 0 Å². The van der Waals surface area contributed by atoms with Crippen LogP contribution < -0.4 is 0 Å². The maximum Gasteiger partial charge on any atom is 0.113 e. The van der Waals surface area contributed by atoms with E-state index in [2.05, 4.69) is 34.5 Å². The van der Waals surface area contributed by atoms with Crippen molar-refractivity contribution < 1.29 is 17.0 Å². The number of benzene rings is 2. The molecule has 0 fully saturated rings. The Hall–Kier alpha value is -1.91. The number of halogens is 2. The Morgan fingerprint density at radius 1 is 0.808 bits per heavy atom. The van der Waals surface area contributed by atoms with E-state index in [9.17, 15) is 0 Å². The molecule has 6 heteroatoms. The predicted octanol–water partition coefficient (Wildman–Crippen LogP) is 6.07. The van der Waals surface area contributed by atoms with Gasteiger partial charge in [-0.05, 0) is 17.8 Å². The van der Waals surface area contributed by atoms with E-state index >= 15 is 0 Å². The number of hydrogen-bond donors (Lipinski definition) is 0. The van der Waals surface area contributed by atoms with Crippen molar-refractivity contribution in [2.45, 2.75) is 0 Å².